The van der Waals surface area contributed by atoms with Crippen LogP contribution in [0.5, 0.6) is 0 Å². The van der Waals surface area contributed by atoms with Gasteiger partial charge in [0.2, 0.25) is 5.91 Å². The molecule has 0 saturated carbocycles. The molecule has 1 saturated heterocycles. The fourth-order valence-corrected chi connectivity index (χ4v) is 2.02. The van der Waals surface area contributed by atoms with Crippen LogP contribution in [0.4, 0.5) is 0 Å². The van der Waals surface area contributed by atoms with Gasteiger partial charge in [-0.25, -0.2) is 0 Å². The molecule has 2 rings (SSSR count). The van der Waals surface area contributed by atoms with Crippen LogP contribution in [-0.4, -0.2) is 36.3 Å². The van der Waals surface area contributed by atoms with Gasteiger partial charge in [0.25, 0.3) is 5.91 Å². The van der Waals surface area contributed by atoms with Crippen LogP contribution in [0.3, 0.4) is 0 Å². The van der Waals surface area contributed by atoms with Crippen molar-refractivity contribution in [3.8, 4) is 0 Å². The maximum absolute atomic E-state index is 11.9. The van der Waals surface area contributed by atoms with Crippen molar-refractivity contribution in [2.75, 3.05) is 13.6 Å². The first-order chi connectivity index (χ1) is 8.60. The number of amides is 2. The molecule has 1 fully saturated rings. The van der Waals surface area contributed by atoms with Gasteiger partial charge in [0.1, 0.15) is 0 Å². The van der Waals surface area contributed by atoms with E-state index in [1.807, 2.05) is 12.1 Å². The molecule has 3 N–H and O–H groups in total. The van der Waals surface area contributed by atoms with Crippen LogP contribution in [0, 0.1) is 0 Å². The molecule has 1 aliphatic heterocycles. The van der Waals surface area contributed by atoms with Crippen molar-refractivity contribution in [2.45, 2.75) is 19.0 Å². The van der Waals surface area contributed by atoms with E-state index in [2.05, 4.69) is 5.32 Å². The van der Waals surface area contributed by atoms with Crippen LogP contribution in [0.25, 0.3) is 0 Å². The number of benzene rings is 1. The summed E-state index contributed by atoms with van der Waals surface area (Å²) in [6.07, 6.45) is 0.378. The molecule has 5 nitrogen and oxygen atoms in total. The Morgan fingerprint density at radius 2 is 2.05 bits per heavy atom. The molecule has 104 valence electrons. The zero-order chi connectivity index (χ0) is 13.1. The third-order valence-electron chi connectivity index (χ3n) is 3.13. The number of likely N-dealkylation sites (tertiary alicyclic amines) is 1. The second-order valence-corrected chi connectivity index (χ2v) is 4.55. The molecule has 1 heterocycles. The predicted octanol–water partition coefficient (Wildman–Crippen LogP) is 0.528. The van der Waals surface area contributed by atoms with Gasteiger partial charge in [-0.1, -0.05) is 12.1 Å². The summed E-state index contributed by atoms with van der Waals surface area (Å²) in [5, 5.41) is 2.86. The molecule has 1 aromatic rings. The second kappa shape index (κ2) is 6.54. The van der Waals surface area contributed by atoms with Crippen LogP contribution in [0.1, 0.15) is 22.3 Å². The summed E-state index contributed by atoms with van der Waals surface area (Å²) in [4.78, 5) is 24.9. The fraction of sp³-hybridized carbons (Fsp3) is 0.385. The first kappa shape index (κ1) is 15.5. The molecule has 1 aromatic carbocycles. The van der Waals surface area contributed by atoms with Crippen molar-refractivity contribution >= 4 is 24.2 Å². The number of halogens is 1. The minimum Gasteiger partial charge on any atom is -0.347 e. The number of nitrogens with two attached hydrogens (primary N) is 1. The van der Waals surface area contributed by atoms with E-state index in [1.54, 1.807) is 24.1 Å². The normalized spacial score (nSPS) is 18.1. The van der Waals surface area contributed by atoms with Gasteiger partial charge in [0.15, 0.2) is 0 Å². The number of carbonyl (C=O) groups is 2. The van der Waals surface area contributed by atoms with E-state index in [1.165, 1.54) is 0 Å². The minimum atomic E-state index is -0.147. The molecular weight excluding hydrogens is 266 g/mol. The molecule has 0 spiro atoms. The summed E-state index contributed by atoms with van der Waals surface area (Å²) < 4.78 is 0. The van der Waals surface area contributed by atoms with Crippen molar-refractivity contribution in [3.63, 3.8) is 0 Å². The van der Waals surface area contributed by atoms with Gasteiger partial charge in [0, 0.05) is 32.1 Å². The zero-order valence-corrected chi connectivity index (χ0v) is 11.6. The van der Waals surface area contributed by atoms with Crippen molar-refractivity contribution in [2.24, 2.45) is 5.73 Å². The maximum Gasteiger partial charge on any atom is 0.251 e. The van der Waals surface area contributed by atoms with Gasteiger partial charge < -0.3 is 16.0 Å². The fourth-order valence-electron chi connectivity index (χ4n) is 2.02. The Morgan fingerprint density at radius 3 is 2.53 bits per heavy atom. The Balaban J connectivity index is 0.00000180. The summed E-state index contributed by atoms with van der Waals surface area (Å²) in [7, 11) is 1.74. The topological polar surface area (TPSA) is 75.4 Å². The molecule has 0 aliphatic carbocycles. The molecule has 2 amide bonds. The molecule has 1 unspecified atom stereocenters. The van der Waals surface area contributed by atoms with Crippen molar-refractivity contribution in [1.29, 1.82) is 0 Å². The Hall–Kier alpha value is -1.59. The van der Waals surface area contributed by atoms with Gasteiger partial charge in [0.05, 0.1) is 6.04 Å². The van der Waals surface area contributed by atoms with E-state index in [-0.39, 0.29) is 30.3 Å². The Labute approximate surface area is 118 Å². The minimum absolute atomic E-state index is 0. The van der Waals surface area contributed by atoms with E-state index in [0.29, 0.717) is 25.1 Å². The number of nitrogens with one attached hydrogen (secondary N) is 1. The van der Waals surface area contributed by atoms with Crippen molar-refractivity contribution < 1.29 is 9.59 Å². The highest BCUT2D eigenvalue weighted by molar-refractivity contribution is 5.95. The highest BCUT2D eigenvalue weighted by Gasteiger charge is 2.27. The highest BCUT2D eigenvalue weighted by atomic mass is 35.5. The summed E-state index contributed by atoms with van der Waals surface area (Å²) in [5.74, 6) is -0.0783. The van der Waals surface area contributed by atoms with E-state index in [4.69, 9.17) is 5.73 Å². The van der Waals surface area contributed by atoms with Crippen LogP contribution in [0.15, 0.2) is 24.3 Å². The average molecular weight is 284 g/mol. The molecule has 0 bridgehead atoms. The van der Waals surface area contributed by atoms with Gasteiger partial charge >= 0.3 is 0 Å². The van der Waals surface area contributed by atoms with Crippen molar-refractivity contribution in [3.05, 3.63) is 35.4 Å². The first-order valence-electron chi connectivity index (χ1n) is 5.94. The van der Waals surface area contributed by atoms with E-state index in [0.717, 1.165) is 5.56 Å². The SMILES string of the molecule is CN1CC(NC(=O)c2ccc(CN)cc2)CC1=O.Cl. The highest BCUT2D eigenvalue weighted by Crippen LogP contribution is 2.10. The van der Waals surface area contributed by atoms with Gasteiger partial charge in [-0.15, -0.1) is 12.4 Å². The zero-order valence-electron chi connectivity index (χ0n) is 10.8. The largest absolute Gasteiger partial charge is 0.347 e. The van der Waals surface area contributed by atoms with Crippen LogP contribution in [-0.2, 0) is 11.3 Å². The van der Waals surface area contributed by atoms with E-state index < -0.39 is 0 Å². The summed E-state index contributed by atoms with van der Waals surface area (Å²) in [6.45, 7) is 1.04. The van der Waals surface area contributed by atoms with Gasteiger partial charge in [-0.2, -0.15) is 0 Å². The quantitative estimate of drug-likeness (QED) is 0.850. The molecule has 0 aromatic heterocycles. The lowest BCUT2D eigenvalue weighted by atomic mass is 10.1. The second-order valence-electron chi connectivity index (χ2n) is 4.55. The Morgan fingerprint density at radius 1 is 1.42 bits per heavy atom. The lowest BCUT2D eigenvalue weighted by Crippen LogP contribution is -2.36. The van der Waals surface area contributed by atoms with E-state index in [9.17, 15) is 9.59 Å². The first-order valence-corrected chi connectivity index (χ1v) is 5.94. The van der Waals surface area contributed by atoms with Crippen LogP contribution < -0.4 is 11.1 Å². The number of nitrogens with zero attached hydrogens (tertiary/aromatic N) is 1. The lowest BCUT2D eigenvalue weighted by molar-refractivity contribution is -0.126. The predicted molar refractivity (Wildman–Crippen MR) is 75.1 cm³/mol. The third-order valence-corrected chi connectivity index (χ3v) is 3.13. The molecule has 0 radical (unpaired) electrons. The third kappa shape index (κ3) is 3.68. The maximum atomic E-state index is 11.9. The van der Waals surface area contributed by atoms with Gasteiger partial charge in [-0.3, -0.25) is 9.59 Å². The standard InChI is InChI=1S/C13H17N3O2.ClH/c1-16-8-11(6-12(16)17)15-13(18)10-4-2-9(7-14)3-5-10;/h2-5,11H,6-8,14H2,1H3,(H,15,18);1H. The lowest BCUT2D eigenvalue weighted by Gasteiger charge is -2.12. The van der Waals surface area contributed by atoms with Crippen LogP contribution >= 0.6 is 12.4 Å². The van der Waals surface area contributed by atoms with Crippen molar-refractivity contribution in [1.82, 2.24) is 10.2 Å². The smallest absolute Gasteiger partial charge is 0.251 e. The van der Waals surface area contributed by atoms with E-state index >= 15 is 0 Å². The summed E-state index contributed by atoms with van der Waals surface area (Å²) in [5.41, 5.74) is 7.08. The van der Waals surface area contributed by atoms with Crippen LogP contribution in [0.2, 0.25) is 0 Å². The number of rotatable bonds is 3. The van der Waals surface area contributed by atoms with Gasteiger partial charge in [-0.05, 0) is 17.7 Å². The molecule has 6 heteroatoms. The number of likely N-dealkylation sites (N-methyl/N-ethyl adjacent to an activating group) is 1. The number of carbonyl (C=O) groups excluding carboxylic acids is 2. The Kier molecular flexibility index (Phi) is 5.32. The monoisotopic (exact) mass is 283 g/mol. The average Bonchev–Trinajstić information content (AvgIpc) is 2.68. The number of hydrogen-bond donors (Lipinski definition) is 2. The number of hydrogen-bond acceptors (Lipinski definition) is 3. The molecule has 19 heavy (non-hydrogen) atoms. The molecular formula is C13H18ClN3O2. The Bertz CT molecular complexity index is 461. The molecule has 1 atom stereocenters. The summed E-state index contributed by atoms with van der Waals surface area (Å²) >= 11 is 0. The summed E-state index contributed by atoms with van der Waals surface area (Å²) in [6, 6.07) is 7.07. The molecule has 1 aliphatic rings.